The molecule has 1 aliphatic carbocycles. The van der Waals surface area contributed by atoms with Gasteiger partial charge in [-0.2, -0.15) is 0 Å². The molecule has 3 N–H and O–H groups in total. The molecule has 1 amide bonds. The van der Waals surface area contributed by atoms with Crippen LogP contribution in [0.4, 0.5) is 0 Å². The van der Waals surface area contributed by atoms with Gasteiger partial charge >= 0.3 is 0 Å². The van der Waals surface area contributed by atoms with Gasteiger partial charge in [0.2, 0.25) is 0 Å². The highest BCUT2D eigenvalue weighted by molar-refractivity contribution is 5.95. The summed E-state index contributed by atoms with van der Waals surface area (Å²) in [6.07, 6.45) is 2.45. The third-order valence-electron chi connectivity index (χ3n) is 4.51. The highest BCUT2D eigenvalue weighted by atomic mass is 16.2. The van der Waals surface area contributed by atoms with Crippen molar-refractivity contribution >= 4 is 5.91 Å². The maximum Gasteiger partial charge on any atom is 0.261 e. The zero-order valence-electron chi connectivity index (χ0n) is 12.0. The number of likely N-dealkylation sites (tertiary alicyclic amines) is 1. The number of rotatable bonds is 2. The summed E-state index contributed by atoms with van der Waals surface area (Å²) < 4.78 is 0. The molecule has 5 heteroatoms. The first kappa shape index (κ1) is 13.4. The van der Waals surface area contributed by atoms with Crippen molar-refractivity contribution in [1.29, 1.82) is 0 Å². The molecular weight excluding hydrogens is 254 g/mol. The van der Waals surface area contributed by atoms with E-state index in [1.54, 1.807) is 4.90 Å². The number of aromatic nitrogens is 1. The van der Waals surface area contributed by atoms with Gasteiger partial charge < -0.3 is 15.6 Å². The van der Waals surface area contributed by atoms with E-state index in [4.69, 9.17) is 5.73 Å². The normalized spacial score (nSPS) is 26.1. The quantitative estimate of drug-likeness (QED) is 0.838. The van der Waals surface area contributed by atoms with Crippen LogP contribution in [0.1, 0.15) is 34.5 Å². The fourth-order valence-corrected chi connectivity index (χ4v) is 3.32. The molecule has 1 aromatic heterocycles. The zero-order chi connectivity index (χ0) is 14.4. The molecular formula is C15H21N3O2. The van der Waals surface area contributed by atoms with E-state index in [0.29, 0.717) is 24.9 Å². The Morgan fingerprint density at radius 2 is 2.05 bits per heavy atom. The lowest BCUT2D eigenvalue weighted by atomic mass is 9.99. The zero-order valence-corrected chi connectivity index (χ0v) is 12.0. The number of aromatic amines is 1. The molecule has 20 heavy (non-hydrogen) atoms. The Morgan fingerprint density at radius 3 is 2.65 bits per heavy atom. The molecule has 5 nitrogen and oxygen atoms in total. The predicted molar refractivity (Wildman–Crippen MR) is 76.6 cm³/mol. The van der Waals surface area contributed by atoms with Crippen LogP contribution in [0.3, 0.4) is 0 Å². The number of H-pyrrole nitrogens is 1. The number of pyridine rings is 1. The number of hydrogen-bond donors (Lipinski definition) is 2. The largest absolute Gasteiger partial charge is 0.337 e. The molecule has 108 valence electrons. The van der Waals surface area contributed by atoms with Gasteiger partial charge in [-0.05, 0) is 50.2 Å². The van der Waals surface area contributed by atoms with Gasteiger partial charge in [-0.25, -0.2) is 0 Å². The lowest BCUT2D eigenvalue weighted by Crippen LogP contribution is -2.36. The minimum absolute atomic E-state index is 0.0521. The molecule has 2 atom stereocenters. The summed E-state index contributed by atoms with van der Waals surface area (Å²) in [5.74, 6) is 0.909. The first-order chi connectivity index (χ1) is 9.47. The fraction of sp³-hybridized carbons (Fsp3) is 0.600. The number of nitrogens with one attached hydrogen (secondary N) is 1. The standard InChI is InChI=1S/C15H21N3O2/c1-8-5-9(2)17-14(19)13(8)15(20)18-6-11(10-3-4-10)12(16)7-18/h5,10-12H,3-4,6-7,16H2,1-2H3,(H,17,19)/t11-,12+/m0/s1. The van der Waals surface area contributed by atoms with E-state index in [-0.39, 0.29) is 23.1 Å². The van der Waals surface area contributed by atoms with Gasteiger partial charge in [-0.3, -0.25) is 9.59 Å². The summed E-state index contributed by atoms with van der Waals surface area (Å²) in [5, 5.41) is 0. The van der Waals surface area contributed by atoms with E-state index in [0.717, 1.165) is 11.3 Å². The molecule has 1 aromatic rings. The second-order valence-electron chi connectivity index (χ2n) is 6.21. The summed E-state index contributed by atoms with van der Waals surface area (Å²) in [6, 6.07) is 1.89. The molecule has 2 heterocycles. The fourth-order valence-electron chi connectivity index (χ4n) is 3.32. The van der Waals surface area contributed by atoms with Crippen molar-refractivity contribution in [3.63, 3.8) is 0 Å². The van der Waals surface area contributed by atoms with Crippen molar-refractivity contribution < 1.29 is 4.79 Å². The second kappa shape index (κ2) is 4.74. The third-order valence-corrected chi connectivity index (χ3v) is 4.51. The minimum atomic E-state index is -0.295. The first-order valence-corrected chi connectivity index (χ1v) is 7.22. The van der Waals surface area contributed by atoms with Crippen LogP contribution in [0.25, 0.3) is 0 Å². The number of nitrogens with zero attached hydrogens (tertiary/aromatic N) is 1. The van der Waals surface area contributed by atoms with Gasteiger partial charge in [-0.15, -0.1) is 0 Å². The van der Waals surface area contributed by atoms with Crippen molar-refractivity contribution in [2.75, 3.05) is 13.1 Å². The Morgan fingerprint density at radius 1 is 1.35 bits per heavy atom. The average Bonchev–Trinajstić information content (AvgIpc) is 3.11. The van der Waals surface area contributed by atoms with Gasteiger partial charge in [0, 0.05) is 24.8 Å². The molecule has 0 spiro atoms. The van der Waals surface area contributed by atoms with E-state index < -0.39 is 0 Å². The van der Waals surface area contributed by atoms with Crippen LogP contribution in [0, 0.1) is 25.7 Å². The molecule has 2 aliphatic rings. The van der Waals surface area contributed by atoms with Crippen LogP contribution in [-0.2, 0) is 0 Å². The summed E-state index contributed by atoms with van der Waals surface area (Å²) in [6.45, 7) is 4.88. The summed E-state index contributed by atoms with van der Waals surface area (Å²) in [7, 11) is 0. The van der Waals surface area contributed by atoms with E-state index >= 15 is 0 Å². The molecule has 0 aromatic carbocycles. The van der Waals surface area contributed by atoms with E-state index in [1.165, 1.54) is 12.8 Å². The van der Waals surface area contributed by atoms with E-state index in [2.05, 4.69) is 4.98 Å². The first-order valence-electron chi connectivity index (χ1n) is 7.22. The lowest BCUT2D eigenvalue weighted by molar-refractivity contribution is 0.0782. The van der Waals surface area contributed by atoms with E-state index in [9.17, 15) is 9.59 Å². The Labute approximate surface area is 118 Å². The average molecular weight is 275 g/mol. The smallest absolute Gasteiger partial charge is 0.261 e. The Hall–Kier alpha value is -1.62. The number of amides is 1. The van der Waals surface area contributed by atoms with Crippen LogP contribution in [0.2, 0.25) is 0 Å². The van der Waals surface area contributed by atoms with Crippen LogP contribution >= 0.6 is 0 Å². The predicted octanol–water partition coefficient (Wildman–Crippen LogP) is 0.801. The Balaban J connectivity index is 1.85. The molecule has 2 fully saturated rings. The monoisotopic (exact) mass is 275 g/mol. The Bertz CT molecular complexity index is 604. The lowest BCUT2D eigenvalue weighted by Gasteiger charge is -2.17. The van der Waals surface area contributed by atoms with Crippen molar-refractivity contribution in [3.8, 4) is 0 Å². The van der Waals surface area contributed by atoms with Crippen LogP contribution in [0.5, 0.6) is 0 Å². The van der Waals surface area contributed by atoms with Crippen molar-refractivity contribution in [1.82, 2.24) is 9.88 Å². The van der Waals surface area contributed by atoms with E-state index in [1.807, 2.05) is 19.9 Å². The third kappa shape index (κ3) is 2.26. The summed E-state index contributed by atoms with van der Waals surface area (Å²) >= 11 is 0. The summed E-state index contributed by atoms with van der Waals surface area (Å²) in [4.78, 5) is 29.1. The Kier molecular flexibility index (Phi) is 3.17. The number of carbonyl (C=O) groups is 1. The highest BCUT2D eigenvalue weighted by Crippen LogP contribution is 2.41. The van der Waals surface area contributed by atoms with Crippen LogP contribution in [-0.4, -0.2) is 34.9 Å². The number of nitrogens with two attached hydrogens (primary N) is 1. The molecule has 1 aliphatic heterocycles. The van der Waals surface area contributed by atoms with Gasteiger partial charge in [0.05, 0.1) is 0 Å². The molecule has 0 radical (unpaired) electrons. The van der Waals surface area contributed by atoms with Gasteiger partial charge in [0.15, 0.2) is 0 Å². The molecule has 3 rings (SSSR count). The van der Waals surface area contributed by atoms with Crippen molar-refractivity contribution in [2.24, 2.45) is 17.6 Å². The minimum Gasteiger partial charge on any atom is -0.337 e. The topological polar surface area (TPSA) is 79.2 Å². The van der Waals surface area contributed by atoms with Gasteiger partial charge in [0.1, 0.15) is 5.56 Å². The molecule has 0 bridgehead atoms. The van der Waals surface area contributed by atoms with Gasteiger partial charge in [0.25, 0.3) is 11.5 Å². The maximum absolute atomic E-state index is 12.6. The SMILES string of the molecule is Cc1cc(C)c(C(=O)N2C[C@@H](N)[C@H](C3CC3)C2)c(=O)[nH]1. The van der Waals surface area contributed by atoms with Crippen molar-refractivity contribution in [2.45, 2.75) is 32.7 Å². The number of aryl methyl sites for hydroxylation is 2. The maximum atomic E-state index is 12.6. The molecule has 0 unspecified atom stereocenters. The number of hydrogen-bond acceptors (Lipinski definition) is 3. The molecule has 1 saturated heterocycles. The van der Waals surface area contributed by atoms with Gasteiger partial charge in [-0.1, -0.05) is 0 Å². The van der Waals surface area contributed by atoms with Crippen LogP contribution < -0.4 is 11.3 Å². The summed E-state index contributed by atoms with van der Waals surface area (Å²) in [5.41, 5.74) is 7.63. The van der Waals surface area contributed by atoms with Crippen LogP contribution in [0.15, 0.2) is 10.9 Å². The second-order valence-corrected chi connectivity index (χ2v) is 6.21. The van der Waals surface area contributed by atoms with Crippen molar-refractivity contribution in [3.05, 3.63) is 33.2 Å². The highest BCUT2D eigenvalue weighted by Gasteiger charge is 2.42. The number of carbonyl (C=O) groups excluding carboxylic acids is 1. The molecule has 1 saturated carbocycles.